The molecule has 126 valence electrons. The SMILES string of the molecule is O=C(Nc1ccn(-c2ccccc2)n1)C1(c2c(F)cccc2Cl)CC1. The van der Waals surface area contributed by atoms with Gasteiger partial charge < -0.3 is 5.32 Å². The van der Waals surface area contributed by atoms with Gasteiger partial charge in [-0.2, -0.15) is 5.10 Å². The molecule has 0 atom stereocenters. The Morgan fingerprint density at radius 2 is 1.88 bits per heavy atom. The number of rotatable bonds is 4. The van der Waals surface area contributed by atoms with Crippen LogP contribution < -0.4 is 5.32 Å². The van der Waals surface area contributed by atoms with E-state index >= 15 is 0 Å². The Morgan fingerprint density at radius 3 is 2.56 bits per heavy atom. The second kappa shape index (κ2) is 6.01. The van der Waals surface area contributed by atoms with E-state index in [-0.39, 0.29) is 16.5 Å². The van der Waals surface area contributed by atoms with Gasteiger partial charge in [0, 0.05) is 22.8 Å². The van der Waals surface area contributed by atoms with Gasteiger partial charge in [-0.3, -0.25) is 4.79 Å². The summed E-state index contributed by atoms with van der Waals surface area (Å²) in [5.41, 5.74) is 0.261. The quantitative estimate of drug-likeness (QED) is 0.757. The van der Waals surface area contributed by atoms with Crippen molar-refractivity contribution in [2.45, 2.75) is 18.3 Å². The molecule has 4 nitrogen and oxygen atoms in total. The number of aromatic nitrogens is 2. The molecule has 0 unspecified atom stereocenters. The molecule has 1 N–H and O–H groups in total. The number of nitrogens with zero attached hydrogens (tertiary/aromatic N) is 2. The fraction of sp³-hybridized carbons (Fsp3) is 0.158. The Bertz CT molecular complexity index is 915. The summed E-state index contributed by atoms with van der Waals surface area (Å²) in [4.78, 5) is 12.8. The third-order valence-electron chi connectivity index (χ3n) is 4.48. The molecular formula is C19H15ClFN3O. The summed E-state index contributed by atoms with van der Waals surface area (Å²) >= 11 is 6.15. The topological polar surface area (TPSA) is 46.9 Å². The van der Waals surface area contributed by atoms with Crippen LogP contribution in [0.4, 0.5) is 10.2 Å². The summed E-state index contributed by atoms with van der Waals surface area (Å²) in [5.74, 6) is -0.305. The molecule has 0 saturated heterocycles. The van der Waals surface area contributed by atoms with Crippen LogP contribution in [0, 0.1) is 5.82 Å². The van der Waals surface area contributed by atoms with Gasteiger partial charge in [0.25, 0.3) is 0 Å². The monoisotopic (exact) mass is 355 g/mol. The fourth-order valence-electron chi connectivity index (χ4n) is 3.02. The maximum absolute atomic E-state index is 14.2. The van der Waals surface area contributed by atoms with Gasteiger partial charge in [-0.25, -0.2) is 9.07 Å². The van der Waals surface area contributed by atoms with E-state index in [0.717, 1.165) is 5.69 Å². The first-order chi connectivity index (χ1) is 12.1. The number of anilines is 1. The molecule has 0 aliphatic heterocycles. The Kier molecular flexibility index (Phi) is 3.81. The summed E-state index contributed by atoms with van der Waals surface area (Å²) in [5, 5.41) is 7.43. The second-order valence-electron chi connectivity index (χ2n) is 6.11. The number of amides is 1. The van der Waals surface area contributed by atoms with Crippen LogP contribution in [-0.4, -0.2) is 15.7 Å². The number of hydrogen-bond acceptors (Lipinski definition) is 2. The zero-order chi connectivity index (χ0) is 17.4. The van der Waals surface area contributed by atoms with Crippen LogP contribution in [0.25, 0.3) is 5.69 Å². The lowest BCUT2D eigenvalue weighted by Gasteiger charge is -2.17. The summed E-state index contributed by atoms with van der Waals surface area (Å²) < 4.78 is 15.9. The third-order valence-corrected chi connectivity index (χ3v) is 4.79. The van der Waals surface area contributed by atoms with Gasteiger partial charge in [-0.05, 0) is 37.1 Å². The summed E-state index contributed by atoms with van der Waals surface area (Å²) in [6, 6.07) is 15.8. The minimum absolute atomic E-state index is 0.275. The van der Waals surface area contributed by atoms with Crippen molar-refractivity contribution in [2.24, 2.45) is 0 Å². The summed E-state index contributed by atoms with van der Waals surface area (Å²) in [6.45, 7) is 0. The molecule has 6 heteroatoms. The first kappa shape index (κ1) is 15.8. The van der Waals surface area contributed by atoms with E-state index in [1.807, 2.05) is 30.3 Å². The summed E-state index contributed by atoms with van der Waals surface area (Å²) in [6.07, 6.45) is 2.90. The number of carbonyl (C=O) groups is 1. The van der Waals surface area contributed by atoms with E-state index in [2.05, 4.69) is 10.4 Å². The van der Waals surface area contributed by atoms with E-state index in [1.54, 1.807) is 23.0 Å². The van der Waals surface area contributed by atoms with E-state index in [0.29, 0.717) is 18.7 Å². The second-order valence-corrected chi connectivity index (χ2v) is 6.52. The molecule has 1 aromatic heterocycles. The Hall–Kier alpha value is -2.66. The first-order valence-corrected chi connectivity index (χ1v) is 8.35. The standard InChI is InChI=1S/C19H15ClFN3O/c20-14-7-4-8-15(21)17(14)19(10-11-19)18(25)22-16-9-12-24(23-16)13-5-2-1-3-6-13/h1-9,12H,10-11H2,(H,22,23,25). The molecule has 1 aliphatic rings. The molecule has 4 rings (SSSR count). The van der Waals surface area contributed by atoms with Gasteiger partial charge in [0.15, 0.2) is 5.82 Å². The van der Waals surface area contributed by atoms with Crippen LogP contribution in [0.15, 0.2) is 60.8 Å². The molecular weight excluding hydrogens is 341 g/mol. The van der Waals surface area contributed by atoms with Crippen molar-refractivity contribution in [1.29, 1.82) is 0 Å². The average molecular weight is 356 g/mol. The number of carbonyl (C=O) groups excluding carboxylic acids is 1. The van der Waals surface area contributed by atoms with Crippen molar-refractivity contribution >= 4 is 23.3 Å². The van der Waals surface area contributed by atoms with Crippen LogP contribution in [0.3, 0.4) is 0 Å². The molecule has 2 aromatic carbocycles. The number of para-hydroxylation sites is 1. The normalized spacial score (nSPS) is 15.0. The van der Waals surface area contributed by atoms with Crippen molar-refractivity contribution in [2.75, 3.05) is 5.32 Å². The molecule has 0 radical (unpaired) electrons. The van der Waals surface area contributed by atoms with Gasteiger partial charge in [-0.15, -0.1) is 0 Å². The number of halogens is 2. The largest absolute Gasteiger partial charge is 0.308 e. The lowest BCUT2D eigenvalue weighted by Crippen LogP contribution is -2.29. The van der Waals surface area contributed by atoms with E-state index in [1.165, 1.54) is 12.1 Å². The minimum Gasteiger partial charge on any atom is -0.308 e. The first-order valence-electron chi connectivity index (χ1n) is 7.97. The zero-order valence-corrected chi connectivity index (χ0v) is 14.0. The van der Waals surface area contributed by atoms with Crippen molar-refractivity contribution in [3.63, 3.8) is 0 Å². The Morgan fingerprint density at radius 1 is 1.12 bits per heavy atom. The molecule has 1 saturated carbocycles. The van der Waals surface area contributed by atoms with Gasteiger partial charge in [-0.1, -0.05) is 35.9 Å². The van der Waals surface area contributed by atoms with E-state index in [9.17, 15) is 9.18 Å². The molecule has 0 spiro atoms. The van der Waals surface area contributed by atoms with Crippen LogP contribution in [0.2, 0.25) is 5.02 Å². The summed E-state index contributed by atoms with van der Waals surface area (Å²) in [7, 11) is 0. The van der Waals surface area contributed by atoms with E-state index in [4.69, 9.17) is 11.6 Å². The lowest BCUT2D eigenvalue weighted by atomic mass is 9.94. The highest BCUT2D eigenvalue weighted by Crippen LogP contribution is 2.52. The van der Waals surface area contributed by atoms with Crippen molar-refractivity contribution < 1.29 is 9.18 Å². The zero-order valence-electron chi connectivity index (χ0n) is 13.2. The van der Waals surface area contributed by atoms with Gasteiger partial charge in [0.1, 0.15) is 5.82 Å². The highest BCUT2D eigenvalue weighted by molar-refractivity contribution is 6.32. The molecule has 1 aliphatic carbocycles. The lowest BCUT2D eigenvalue weighted by molar-refractivity contribution is -0.118. The van der Waals surface area contributed by atoms with Crippen LogP contribution in [0.1, 0.15) is 18.4 Å². The maximum atomic E-state index is 14.2. The minimum atomic E-state index is -0.904. The Labute approximate surface area is 149 Å². The van der Waals surface area contributed by atoms with Gasteiger partial charge >= 0.3 is 0 Å². The number of nitrogens with one attached hydrogen (secondary N) is 1. The van der Waals surface area contributed by atoms with Gasteiger partial charge in [0.2, 0.25) is 5.91 Å². The van der Waals surface area contributed by atoms with Gasteiger partial charge in [0.05, 0.1) is 11.1 Å². The van der Waals surface area contributed by atoms with Crippen molar-refractivity contribution in [3.05, 3.63) is 77.2 Å². The van der Waals surface area contributed by atoms with Crippen LogP contribution >= 0.6 is 11.6 Å². The smallest absolute Gasteiger partial charge is 0.236 e. The van der Waals surface area contributed by atoms with Crippen molar-refractivity contribution in [3.8, 4) is 5.69 Å². The predicted octanol–water partition coefficient (Wildman–Crippen LogP) is 4.34. The average Bonchev–Trinajstić information content (AvgIpc) is 3.27. The fourth-order valence-corrected chi connectivity index (χ4v) is 3.37. The number of hydrogen-bond donors (Lipinski definition) is 1. The van der Waals surface area contributed by atoms with Crippen molar-refractivity contribution in [1.82, 2.24) is 9.78 Å². The highest BCUT2D eigenvalue weighted by atomic mass is 35.5. The van der Waals surface area contributed by atoms with E-state index < -0.39 is 11.2 Å². The van der Waals surface area contributed by atoms with Crippen LogP contribution in [0.5, 0.6) is 0 Å². The highest BCUT2D eigenvalue weighted by Gasteiger charge is 2.54. The third kappa shape index (κ3) is 2.81. The number of benzene rings is 2. The molecule has 0 bridgehead atoms. The molecule has 25 heavy (non-hydrogen) atoms. The molecule has 1 fully saturated rings. The molecule has 3 aromatic rings. The maximum Gasteiger partial charge on any atom is 0.236 e. The Balaban J connectivity index is 1.58. The molecule has 1 heterocycles. The predicted molar refractivity (Wildman–Crippen MR) is 94.5 cm³/mol. The van der Waals surface area contributed by atoms with Crippen LogP contribution in [-0.2, 0) is 10.2 Å². The molecule has 1 amide bonds.